The molecule has 3 N–H and O–H groups in total. The Labute approximate surface area is 121 Å². The number of nitrogen functional groups attached to an aromatic ring is 1. The molecule has 0 saturated heterocycles. The van der Waals surface area contributed by atoms with Crippen LogP contribution in [0.2, 0.25) is 0 Å². The Bertz CT molecular complexity index is 493. The van der Waals surface area contributed by atoms with E-state index >= 15 is 0 Å². The third-order valence-electron chi connectivity index (χ3n) is 2.66. The van der Waals surface area contributed by atoms with E-state index in [9.17, 15) is 0 Å². The van der Waals surface area contributed by atoms with Crippen molar-refractivity contribution in [1.29, 1.82) is 0 Å². The molecular formula is C12H17N5S2. The van der Waals surface area contributed by atoms with Crippen LogP contribution in [0.15, 0.2) is 28.7 Å². The minimum atomic E-state index is 0.638. The van der Waals surface area contributed by atoms with Crippen molar-refractivity contribution in [2.45, 2.75) is 18.6 Å². The number of nitrogens with one attached hydrogen (secondary N) is 1. The van der Waals surface area contributed by atoms with Crippen LogP contribution in [-0.2, 0) is 6.54 Å². The lowest BCUT2D eigenvalue weighted by Crippen LogP contribution is -2.23. The fourth-order valence-corrected chi connectivity index (χ4v) is 2.78. The monoisotopic (exact) mass is 295 g/mol. The average Bonchev–Trinajstić information content (AvgIpc) is 2.97. The summed E-state index contributed by atoms with van der Waals surface area (Å²) >= 11 is 3.26. The fourth-order valence-electron chi connectivity index (χ4n) is 1.69. The van der Waals surface area contributed by atoms with Gasteiger partial charge in [0.05, 0.1) is 6.54 Å². The summed E-state index contributed by atoms with van der Waals surface area (Å²) in [5.41, 5.74) is 2.59. The molecule has 0 aliphatic carbocycles. The van der Waals surface area contributed by atoms with Crippen LogP contribution >= 0.6 is 23.1 Å². The van der Waals surface area contributed by atoms with Crippen molar-refractivity contribution < 1.29 is 0 Å². The van der Waals surface area contributed by atoms with Crippen LogP contribution in [0, 0.1) is 0 Å². The van der Waals surface area contributed by atoms with Gasteiger partial charge in [0.25, 0.3) is 0 Å². The molecule has 2 aromatic rings. The molecule has 0 amide bonds. The van der Waals surface area contributed by atoms with Crippen LogP contribution in [0.4, 0.5) is 11.6 Å². The van der Waals surface area contributed by atoms with Gasteiger partial charge in [-0.05, 0) is 24.6 Å². The van der Waals surface area contributed by atoms with E-state index in [4.69, 9.17) is 5.84 Å². The standard InChI is InChI=1S/C12H17N5S2/c1-3-17(8-9-5-4-6-19-9)11-7-10(16-13)14-12(15-11)18-2/h4-7H,3,8,13H2,1-2H3,(H,14,15,16). The summed E-state index contributed by atoms with van der Waals surface area (Å²) in [5, 5.41) is 2.80. The van der Waals surface area contributed by atoms with Crippen LogP contribution in [0.1, 0.15) is 11.8 Å². The van der Waals surface area contributed by atoms with Gasteiger partial charge in [-0.25, -0.2) is 15.8 Å². The number of hydrazine groups is 1. The first kappa shape index (κ1) is 14.1. The first-order valence-electron chi connectivity index (χ1n) is 5.93. The Morgan fingerprint density at radius 2 is 2.32 bits per heavy atom. The van der Waals surface area contributed by atoms with Gasteiger partial charge < -0.3 is 10.3 Å². The maximum atomic E-state index is 5.45. The molecule has 5 nitrogen and oxygen atoms in total. The second kappa shape index (κ2) is 6.74. The van der Waals surface area contributed by atoms with Crippen molar-refractivity contribution in [2.75, 3.05) is 23.1 Å². The molecule has 0 spiro atoms. The Morgan fingerprint density at radius 1 is 1.47 bits per heavy atom. The molecule has 102 valence electrons. The van der Waals surface area contributed by atoms with Gasteiger partial charge in [0, 0.05) is 17.5 Å². The molecule has 0 saturated carbocycles. The van der Waals surface area contributed by atoms with Gasteiger partial charge in [0.15, 0.2) is 5.16 Å². The van der Waals surface area contributed by atoms with E-state index < -0.39 is 0 Å². The molecule has 2 rings (SSSR count). The molecule has 0 aliphatic heterocycles. The highest BCUT2D eigenvalue weighted by Gasteiger charge is 2.11. The zero-order valence-electron chi connectivity index (χ0n) is 11.0. The summed E-state index contributed by atoms with van der Waals surface area (Å²) < 4.78 is 0. The summed E-state index contributed by atoms with van der Waals surface area (Å²) in [6.07, 6.45) is 1.95. The molecule has 0 fully saturated rings. The highest BCUT2D eigenvalue weighted by atomic mass is 32.2. The molecule has 0 aromatic carbocycles. The van der Waals surface area contributed by atoms with Crippen molar-refractivity contribution in [3.63, 3.8) is 0 Å². The fraction of sp³-hybridized carbons (Fsp3) is 0.333. The van der Waals surface area contributed by atoms with Crippen molar-refractivity contribution in [2.24, 2.45) is 5.84 Å². The van der Waals surface area contributed by atoms with E-state index in [2.05, 4.69) is 44.7 Å². The number of thiophene rings is 1. The van der Waals surface area contributed by atoms with E-state index in [1.807, 2.05) is 12.3 Å². The summed E-state index contributed by atoms with van der Waals surface area (Å²) in [5.74, 6) is 6.98. The van der Waals surface area contributed by atoms with Crippen LogP contribution in [0.25, 0.3) is 0 Å². The largest absolute Gasteiger partial charge is 0.352 e. The summed E-state index contributed by atoms with van der Waals surface area (Å²) in [4.78, 5) is 12.3. The maximum absolute atomic E-state index is 5.45. The average molecular weight is 295 g/mol. The first-order valence-corrected chi connectivity index (χ1v) is 8.04. The zero-order chi connectivity index (χ0) is 13.7. The summed E-state index contributed by atoms with van der Waals surface area (Å²) in [6, 6.07) is 6.07. The number of aromatic nitrogens is 2. The van der Waals surface area contributed by atoms with Crippen molar-refractivity contribution in [3.05, 3.63) is 28.5 Å². The van der Waals surface area contributed by atoms with Gasteiger partial charge in [0.1, 0.15) is 11.6 Å². The van der Waals surface area contributed by atoms with E-state index in [0.717, 1.165) is 24.1 Å². The lowest BCUT2D eigenvalue weighted by atomic mass is 10.4. The molecule has 2 heterocycles. The highest BCUT2D eigenvalue weighted by Crippen LogP contribution is 2.22. The second-order valence-electron chi connectivity index (χ2n) is 3.84. The maximum Gasteiger partial charge on any atom is 0.191 e. The Kier molecular flexibility index (Phi) is 5.00. The number of nitrogens with zero attached hydrogens (tertiary/aromatic N) is 3. The van der Waals surface area contributed by atoms with Gasteiger partial charge in [-0.15, -0.1) is 11.3 Å². The first-order chi connectivity index (χ1) is 9.26. The third kappa shape index (κ3) is 3.59. The van der Waals surface area contributed by atoms with Crippen molar-refractivity contribution in [3.8, 4) is 0 Å². The minimum absolute atomic E-state index is 0.638. The van der Waals surface area contributed by atoms with Gasteiger partial charge in [-0.1, -0.05) is 17.8 Å². The van der Waals surface area contributed by atoms with Gasteiger partial charge in [-0.3, -0.25) is 0 Å². The van der Waals surface area contributed by atoms with Gasteiger partial charge in [0.2, 0.25) is 0 Å². The summed E-state index contributed by atoms with van der Waals surface area (Å²) in [7, 11) is 0. The van der Waals surface area contributed by atoms with Crippen LogP contribution in [0.3, 0.4) is 0 Å². The number of hydrogen-bond acceptors (Lipinski definition) is 7. The van der Waals surface area contributed by atoms with Crippen LogP contribution in [-0.4, -0.2) is 22.8 Å². The third-order valence-corrected chi connectivity index (χ3v) is 4.06. The Balaban J connectivity index is 2.26. The number of hydrogen-bond donors (Lipinski definition) is 2. The zero-order valence-corrected chi connectivity index (χ0v) is 12.6. The molecule has 2 aromatic heterocycles. The molecule has 0 bridgehead atoms. The van der Waals surface area contributed by atoms with E-state index in [-0.39, 0.29) is 0 Å². The van der Waals surface area contributed by atoms with E-state index in [1.54, 1.807) is 11.3 Å². The second-order valence-corrected chi connectivity index (χ2v) is 5.64. The van der Waals surface area contributed by atoms with Crippen molar-refractivity contribution in [1.82, 2.24) is 9.97 Å². The SMILES string of the molecule is CCN(Cc1cccs1)c1cc(NN)nc(SC)n1. The smallest absolute Gasteiger partial charge is 0.191 e. The molecule has 7 heteroatoms. The van der Waals surface area contributed by atoms with E-state index in [1.165, 1.54) is 16.6 Å². The molecule has 0 atom stereocenters. The lowest BCUT2D eigenvalue weighted by molar-refractivity contribution is 0.801. The quantitative estimate of drug-likeness (QED) is 0.369. The van der Waals surface area contributed by atoms with Gasteiger partial charge >= 0.3 is 0 Å². The van der Waals surface area contributed by atoms with Gasteiger partial charge in [-0.2, -0.15) is 0 Å². The molecular weight excluding hydrogens is 278 g/mol. The normalized spacial score (nSPS) is 10.5. The van der Waals surface area contributed by atoms with Crippen LogP contribution < -0.4 is 16.2 Å². The van der Waals surface area contributed by atoms with E-state index in [0.29, 0.717) is 5.82 Å². The number of thioether (sulfide) groups is 1. The predicted molar refractivity (Wildman–Crippen MR) is 82.7 cm³/mol. The predicted octanol–water partition coefficient (Wildman–Crippen LogP) is 2.57. The summed E-state index contributed by atoms with van der Waals surface area (Å²) in [6.45, 7) is 3.85. The Hall–Kier alpha value is -1.31. The molecule has 19 heavy (non-hydrogen) atoms. The number of rotatable bonds is 6. The lowest BCUT2D eigenvalue weighted by Gasteiger charge is -2.22. The number of anilines is 2. The topological polar surface area (TPSA) is 67.1 Å². The number of nitrogens with two attached hydrogens (primary N) is 1. The Morgan fingerprint density at radius 3 is 2.89 bits per heavy atom. The minimum Gasteiger partial charge on any atom is -0.352 e. The van der Waals surface area contributed by atoms with Crippen LogP contribution in [0.5, 0.6) is 0 Å². The molecule has 0 aliphatic rings. The highest BCUT2D eigenvalue weighted by molar-refractivity contribution is 7.98. The van der Waals surface area contributed by atoms with Crippen molar-refractivity contribution >= 4 is 34.7 Å². The molecule has 0 unspecified atom stereocenters. The molecule has 0 radical (unpaired) electrons.